The van der Waals surface area contributed by atoms with Gasteiger partial charge in [-0.3, -0.25) is 9.59 Å². The molecule has 5 heteroatoms. The number of carbonyl (C=O) groups is 1. The molecular formula is C19H17NO4. The summed E-state index contributed by atoms with van der Waals surface area (Å²) in [7, 11) is 0. The van der Waals surface area contributed by atoms with E-state index < -0.39 is 17.1 Å². The quantitative estimate of drug-likeness (QED) is 0.907. The summed E-state index contributed by atoms with van der Waals surface area (Å²) in [5.74, 6) is -1.30. The molecule has 3 rings (SSSR count). The Morgan fingerprint density at radius 1 is 1.21 bits per heavy atom. The highest BCUT2D eigenvalue weighted by atomic mass is 16.4. The molecule has 5 nitrogen and oxygen atoms in total. The SMILES string of the molecule is O=C(NCc1ccc(C2C=CC=CC2)cc1)c1occc(=O)c1O. The van der Waals surface area contributed by atoms with E-state index in [1.54, 1.807) is 0 Å². The van der Waals surface area contributed by atoms with Crippen LogP contribution in [0.4, 0.5) is 0 Å². The third kappa shape index (κ3) is 3.46. The second kappa shape index (κ2) is 7.00. The average molecular weight is 323 g/mol. The first-order valence-electron chi connectivity index (χ1n) is 7.66. The molecule has 0 aliphatic heterocycles. The Kier molecular flexibility index (Phi) is 4.61. The van der Waals surface area contributed by atoms with Crippen molar-refractivity contribution in [2.45, 2.75) is 18.9 Å². The fourth-order valence-corrected chi connectivity index (χ4v) is 2.54. The van der Waals surface area contributed by atoms with Crippen molar-refractivity contribution < 1.29 is 14.3 Å². The Morgan fingerprint density at radius 3 is 2.71 bits per heavy atom. The molecular weight excluding hydrogens is 306 g/mol. The summed E-state index contributed by atoms with van der Waals surface area (Å²) in [6.45, 7) is 0.275. The maximum absolute atomic E-state index is 12.0. The first kappa shape index (κ1) is 15.8. The summed E-state index contributed by atoms with van der Waals surface area (Å²) >= 11 is 0. The molecule has 0 fully saturated rings. The van der Waals surface area contributed by atoms with Gasteiger partial charge in [-0.1, -0.05) is 48.6 Å². The van der Waals surface area contributed by atoms with E-state index in [2.05, 4.69) is 17.5 Å². The van der Waals surface area contributed by atoms with Crippen LogP contribution in [0.2, 0.25) is 0 Å². The normalized spacial score (nSPS) is 16.1. The van der Waals surface area contributed by atoms with Gasteiger partial charge in [0.25, 0.3) is 5.91 Å². The molecule has 1 aromatic heterocycles. The Morgan fingerprint density at radius 2 is 2.00 bits per heavy atom. The number of allylic oxidation sites excluding steroid dienone is 4. The van der Waals surface area contributed by atoms with Crippen LogP contribution in [0.1, 0.15) is 34.0 Å². The lowest BCUT2D eigenvalue weighted by atomic mass is 9.92. The zero-order chi connectivity index (χ0) is 16.9. The van der Waals surface area contributed by atoms with Gasteiger partial charge >= 0.3 is 0 Å². The second-order valence-electron chi connectivity index (χ2n) is 5.54. The van der Waals surface area contributed by atoms with E-state index in [0.29, 0.717) is 5.92 Å². The summed E-state index contributed by atoms with van der Waals surface area (Å²) < 4.78 is 4.91. The second-order valence-corrected chi connectivity index (χ2v) is 5.54. The van der Waals surface area contributed by atoms with Crippen molar-refractivity contribution in [3.8, 4) is 5.75 Å². The predicted octanol–water partition coefficient (Wildman–Crippen LogP) is 2.88. The minimum absolute atomic E-state index is 0.275. The van der Waals surface area contributed by atoms with Gasteiger partial charge < -0.3 is 14.8 Å². The average Bonchev–Trinajstić information content (AvgIpc) is 2.63. The van der Waals surface area contributed by atoms with E-state index in [0.717, 1.165) is 24.3 Å². The van der Waals surface area contributed by atoms with Crippen molar-refractivity contribution in [2.24, 2.45) is 0 Å². The fourth-order valence-electron chi connectivity index (χ4n) is 2.54. The highest BCUT2D eigenvalue weighted by Crippen LogP contribution is 2.24. The lowest BCUT2D eigenvalue weighted by Gasteiger charge is -2.14. The fraction of sp³-hybridized carbons (Fsp3) is 0.158. The predicted molar refractivity (Wildman–Crippen MR) is 89.9 cm³/mol. The zero-order valence-electron chi connectivity index (χ0n) is 12.9. The third-order valence-corrected chi connectivity index (χ3v) is 3.90. The molecule has 0 saturated carbocycles. The molecule has 0 saturated heterocycles. The summed E-state index contributed by atoms with van der Waals surface area (Å²) in [6.07, 6.45) is 10.5. The Labute approximate surface area is 138 Å². The van der Waals surface area contributed by atoms with Gasteiger partial charge in [0.15, 0.2) is 0 Å². The lowest BCUT2D eigenvalue weighted by Crippen LogP contribution is -2.24. The number of aromatic hydroxyl groups is 1. The van der Waals surface area contributed by atoms with Crippen molar-refractivity contribution in [2.75, 3.05) is 0 Å². The first-order chi connectivity index (χ1) is 11.6. The van der Waals surface area contributed by atoms with Gasteiger partial charge in [0.05, 0.1) is 6.26 Å². The lowest BCUT2D eigenvalue weighted by molar-refractivity contribution is 0.0915. The monoisotopic (exact) mass is 323 g/mol. The minimum Gasteiger partial charge on any atom is -0.501 e. The van der Waals surface area contributed by atoms with Crippen LogP contribution in [0.15, 0.2) is 70.1 Å². The molecule has 122 valence electrons. The summed E-state index contributed by atoms with van der Waals surface area (Å²) in [4.78, 5) is 23.3. The van der Waals surface area contributed by atoms with Crippen LogP contribution < -0.4 is 10.7 Å². The maximum atomic E-state index is 12.0. The molecule has 24 heavy (non-hydrogen) atoms. The van der Waals surface area contributed by atoms with Crippen LogP contribution in [0, 0.1) is 0 Å². The van der Waals surface area contributed by atoms with Crippen LogP contribution in [0.25, 0.3) is 0 Å². The number of hydrogen-bond donors (Lipinski definition) is 2. The number of rotatable bonds is 4. The van der Waals surface area contributed by atoms with Gasteiger partial charge in [0.1, 0.15) is 0 Å². The van der Waals surface area contributed by atoms with E-state index in [1.165, 1.54) is 5.56 Å². The topological polar surface area (TPSA) is 79.5 Å². The molecule has 1 unspecified atom stereocenters. The molecule has 1 aliphatic carbocycles. The Hall–Kier alpha value is -3.08. The van der Waals surface area contributed by atoms with Crippen LogP contribution in [0.5, 0.6) is 5.75 Å². The number of nitrogens with one attached hydrogen (secondary N) is 1. The van der Waals surface area contributed by atoms with Crippen LogP contribution in [-0.4, -0.2) is 11.0 Å². The molecule has 1 atom stereocenters. The third-order valence-electron chi connectivity index (χ3n) is 3.90. The molecule has 1 heterocycles. The summed E-state index contributed by atoms with van der Waals surface area (Å²) in [6, 6.07) is 9.02. The molecule has 2 N–H and O–H groups in total. The van der Waals surface area contributed by atoms with Gasteiger partial charge in [0, 0.05) is 18.5 Å². The number of hydrogen-bond acceptors (Lipinski definition) is 4. The van der Waals surface area contributed by atoms with E-state index in [9.17, 15) is 14.7 Å². The van der Waals surface area contributed by atoms with Gasteiger partial charge in [-0.15, -0.1) is 0 Å². The van der Waals surface area contributed by atoms with Gasteiger partial charge in [-0.2, -0.15) is 0 Å². The maximum Gasteiger partial charge on any atom is 0.291 e. The molecule has 0 radical (unpaired) electrons. The van der Waals surface area contributed by atoms with Crippen LogP contribution >= 0.6 is 0 Å². The van der Waals surface area contributed by atoms with Crippen LogP contribution in [-0.2, 0) is 6.54 Å². The van der Waals surface area contributed by atoms with E-state index in [4.69, 9.17) is 4.42 Å². The summed E-state index contributed by atoms with van der Waals surface area (Å²) in [5.41, 5.74) is 1.49. The first-order valence-corrected chi connectivity index (χ1v) is 7.66. The molecule has 1 aliphatic rings. The minimum atomic E-state index is -0.678. The molecule has 0 bridgehead atoms. The van der Waals surface area contributed by atoms with Crippen LogP contribution in [0.3, 0.4) is 0 Å². The molecule has 2 aromatic rings. The summed E-state index contributed by atoms with van der Waals surface area (Å²) in [5, 5.41) is 12.2. The largest absolute Gasteiger partial charge is 0.501 e. The van der Waals surface area contributed by atoms with E-state index >= 15 is 0 Å². The Bertz CT molecular complexity index is 846. The highest BCUT2D eigenvalue weighted by Gasteiger charge is 2.16. The van der Waals surface area contributed by atoms with Crippen molar-refractivity contribution >= 4 is 5.91 Å². The van der Waals surface area contributed by atoms with Gasteiger partial charge in [0.2, 0.25) is 16.9 Å². The van der Waals surface area contributed by atoms with Gasteiger partial charge in [-0.05, 0) is 17.5 Å². The van der Waals surface area contributed by atoms with Gasteiger partial charge in [-0.25, -0.2) is 0 Å². The molecule has 1 aromatic carbocycles. The smallest absolute Gasteiger partial charge is 0.291 e. The van der Waals surface area contributed by atoms with Crippen molar-refractivity contribution in [3.05, 3.63) is 88.0 Å². The van der Waals surface area contributed by atoms with Crippen molar-refractivity contribution in [1.29, 1.82) is 0 Å². The van der Waals surface area contributed by atoms with Crippen molar-refractivity contribution in [1.82, 2.24) is 5.32 Å². The van der Waals surface area contributed by atoms with E-state index in [-0.39, 0.29) is 12.3 Å². The number of amides is 1. The molecule has 1 amide bonds. The number of carbonyl (C=O) groups excluding carboxylic acids is 1. The highest BCUT2D eigenvalue weighted by molar-refractivity contribution is 5.93. The molecule has 0 spiro atoms. The Balaban J connectivity index is 1.63. The zero-order valence-corrected chi connectivity index (χ0v) is 12.9. The van der Waals surface area contributed by atoms with Crippen molar-refractivity contribution in [3.63, 3.8) is 0 Å². The standard InChI is InChI=1S/C19H17NO4/c21-16-10-11-24-18(17(16)22)19(23)20-12-13-6-8-15(9-7-13)14-4-2-1-3-5-14/h1-4,6-11,14,22H,5,12H2,(H,20,23). The van der Waals surface area contributed by atoms with E-state index in [1.807, 2.05) is 36.4 Å². The number of benzene rings is 1.